The SMILES string of the molecule is C/C1=C\C/C(C(=O)CC2CC2C)=N\NCC(CCNCCC(F)(F)F)O1. The molecule has 1 aliphatic heterocycles. The van der Waals surface area contributed by atoms with Gasteiger partial charge in [0.05, 0.1) is 18.7 Å². The molecule has 2 rings (SSSR count). The van der Waals surface area contributed by atoms with Crippen molar-refractivity contribution >= 4 is 11.5 Å². The predicted octanol–water partition coefficient (Wildman–Crippen LogP) is 3.17. The summed E-state index contributed by atoms with van der Waals surface area (Å²) in [7, 11) is 0. The normalized spacial score (nSPS) is 30.4. The van der Waals surface area contributed by atoms with Crippen molar-refractivity contribution in [2.24, 2.45) is 16.9 Å². The molecule has 2 N–H and O–H groups in total. The summed E-state index contributed by atoms with van der Waals surface area (Å²) >= 11 is 0. The van der Waals surface area contributed by atoms with Crippen LogP contribution in [0.1, 0.15) is 46.0 Å². The van der Waals surface area contributed by atoms with Gasteiger partial charge in [-0.05, 0) is 44.2 Å². The highest BCUT2D eigenvalue weighted by Gasteiger charge is 2.35. The fourth-order valence-electron chi connectivity index (χ4n) is 2.88. The van der Waals surface area contributed by atoms with Gasteiger partial charge in [-0.2, -0.15) is 18.3 Å². The van der Waals surface area contributed by atoms with Crippen LogP contribution in [-0.4, -0.2) is 43.4 Å². The molecule has 2 aliphatic rings. The van der Waals surface area contributed by atoms with Crippen LogP contribution in [0, 0.1) is 11.8 Å². The molecular weight excluding hydrogens is 347 g/mol. The molecule has 5 nitrogen and oxygen atoms in total. The van der Waals surface area contributed by atoms with E-state index in [1.54, 1.807) is 0 Å². The van der Waals surface area contributed by atoms with Crippen LogP contribution in [-0.2, 0) is 9.53 Å². The Morgan fingerprint density at radius 3 is 2.81 bits per heavy atom. The molecule has 3 atom stereocenters. The summed E-state index contributed by atoms with van der Waals surface area (Å²) in [5, 5.41) is 7.01. The van der Waals surface area contributed by atoms with E-state index in [1.165, 1.54) is 0 Å². The smallest absolute Gasteiger partial charge is 0.390 e. The predicted molar refractivity (Wildman–Crippen MR) is 93.7 cm³/mol. The highest BCUT2D eigenvalue weighted by atomic mass is 19.4. The Labute approximate surface area is 152 Å². The van der Waals surface area contributed by atoms with Crippen molar-refractivity contribution in [2.75, 3.05) is 19.6 Å². The number of alkyl halides is 3. The van der Waals surface area contributed by atoms with Crippen LogP contribution >= 0.6 is 0 Å². The molecule has 0 spiro atoms. The number of halogens is 3. The molecule has 1 fully saturated rings. The number of carbonyl (C=O) groups is 1. The Bertz CT molecular complexity index is 546. The van der Waals surface area contributed by atoms with E-state index >= 15 is 0 Å². The molecule has 1 heterocycles. The quantitative estimate of drug-likeness (QED) is 0.640. The van der Waals surface area contributed by atoms with Gasteiger partial charge in [-0.15, -0.1) is 0 Å². The molecule has 0 amide bonds. The van der Waals surface area contributed by atoms with Gasteiger partial charge in [0, 0.05) is 19.4 Å². The lowest BCUT2D eigenvalue weighted by Crippen LogP contribution is -2.31. The first-order chi connectivity index (χ1) is 12.2. The van der Waals surface area contributed by atoms with Crippen molar-refractivity contribution in [1.29, 1.82) is 0 Å². The Morgan fingerprint density at radius 1 is 1.42 bits per heavy atom. The summed E-state index contributed by atoms with van der Waals surface area (Å²) in [4.78, 5) is 12.3. The molecule has 0 bridgehead atoms. The molecule has 0 radical (unpaired) electrons. The second-order valence-corrected chi connectivity index (χ2v) is 7.18. The number of ketones is 1. The van der Waals surface area contributed by atoms with Gasteiger partial charge < -0.3 is 15.5 Å². The summed E-state index contributed by atoms with van der Waals surface area (Å²) in [5.74, 6) is 1.88. The molecule has 0 aromatic carbocycles. The standard InChI is InChI=1S/C18H28F3N3O2/c1-12-9-14(12)10-17(25)16-4-3-13(2)26-15(11-23-24-16)5-7-22-8-6-18(19,20)21/h3,12,14-15,22-23H,4-11H2,1-2H3/b13-3+,24-16+. The van der Waals surface area contributed by atoms with Gasteiger partial charge in [0.1, 0.15) is 11.8 Å². The van der Waals surface area contributed by atoms with Crippen molar-refractivity contribution in [3.63, 3.8) is 0 Å². The monoisotopic (exact) mass is 375 g/mol. The summed E-state index contributed by atoms with van der Waals surface area (Å²) in [5.41, 5.74) is 3.41. The van der Waals surface area contributed by atoms with E-state index < -0.39 is 12.6 Å². The van der Waals surface area contributed by atoms with Gasteiger partial charge in [0.15, 0.2) is 5.78 Å². The molecule has 1 saturated carbocycles. The maximum absolute atomic E-state index is 12.3. The fraction of sp³-hybridized carbons (Fsp3) is 0.778. The first-order valence-electron chi connectivity index (χ1n) is 9.18. The van der Waals surface area contributed by atoms with E-state index in [-0.39, 0.29) is 18.4 Å². The van der Waals surface area contributed by atoms with Crippen molar-refractivity contribution in [1.82, 2.24) is 10.7 Å². The average molecular weight is 375 g/mol. The highest BCUT2D eigenvalue weighted by molar-refractivity contribution is 6.40. The number of nitrogens with one attached hydrogen (secondary N) is 2. The number of allylic oxidation sites excluding steroid dienone is 2. The summed E-state index contributed by atoms with van der Waals surface area (Å²) in [6, 6.07) is 0. The minimum atomic E-state index is -4.14. The number of hydrazone groups is 1. The van der Waals surface area contributed by atoms with Crippen LogP contribution in [0.15, 0.2) is 16.9 Å². The Kier molecular flexibility index (Phi) is 7.49. The molecule has 8 heteroatoms. The highest BCUT2D eigenvalue weighted by Crippen LogP contribution is 2.40. The first kappa shape index (κ1) is 20.7. The lowest BCUT2D eigenvalue weighted by Gasteiger charge is -2.19. The second kappa shape index (κ2) is 9.39. The fourth-order valence-corrected chi connectivity index (χ4v) is 2.88. The summed E-state index contributed by atoms with van der Waals surface area (Å²) in [6.45, 7) is 4.69. The van der Waals surface area contributed by atoms with Gasteiger partial charge in [-0.3, -0.25) is 4.79 Å². The third-order valence-corrected chi connectivity index (χ3v) is 4.74. The Morgan fingerprint density at radius 2 is 2.15 bits per heavy atom. The number of hydrogen-bond acceptors (Lipinski definition) is 5. The third kappa shape index (κ3) is 7.76. The number of rotatable bonds is 8. The van der Waals surface area contributed by atoms with Crippen LogP contribution in [0.5, 0.6) is 0 Å². The summed E-state index contributed by atoms with van der Waals surface area (Å²) in [6.07, 6.45) is -0.737. The third-order valence-electron chi connectivity index (χ3n) is 4.74. The van der Waals surface area contributed by atoms with Gasteiger partial charge in [0.2, 0.25) is 0 Å². The maximum atomic E-state index is 12.3. The van der Waals surface area contributed by atoms with Crippen molar-refractivity contribution in [3.8, 4) is 0 Å². The molecule has 0 saturated heterocycles. The summed E-state index contributed by atoms with van der Waals surface area (Å²) < 4.78 is 42.2. The van der Waals surface area contributed by atoms with Gasteiger partial charge in [-0.25, -0.2) is 0 Å². The van der Waals surface area contributed by atoms with E-state index in [0.29, 0.717) is 55.7 Å². The van der Waals surface area contributed by atoms with Gasteiger partial charge in [0.25, 0.3) is 0 Å². The van der Waals surface area contributed by atoms with E-state index in [4.69, 9.17) is 4.74 Å². The van der Waals surface area contributed by atoms with E-state index in [0.717, 1.165) is 6.42 Å². The van der Waals surface area contributed by atoms with E-state index in [9.17, 15) is 18.0 Å². The zero-order valence-electron chi connectivity index (χ0n) is 15.4. The molecule has 3 unspecified atom stereocenters. The topological polar surface area (TPSA) is 62.7 Å². The van der Waals surface area contributed by atoms with Crippen molar-refractivity contribution in [2.45, 2.75) is 58.2 Å². The van der Waals surface area contributed by atoms with Crippen LogP contribution in [0.4, 0.5) is 13.2 Å². The zero-order valence-corrected chi connectivity index (χ0v) is 15.4. The molecular formula is C18H28F3N3O2. The second-order valence-electron chi connectivity index (χ2n) is 7.18. The van der Waals surface area contributed by atoms with E-state index in [2.05, 4.69) is 22.8 Å². The minimum Gasteiger partial charge on any atom is -0.493 e. The lowest BCUT2D eigenvalue weighted by molar-refractivity contribution is -0.133. The van der Waals surface area contributed by atoms with Crippen LogP contribution in [0.3, 0.4) is 0 Å². The maximum Gasteiger partial charge on any atom is 0.390 e. The van der Waals surface area contributed by atoms with Gasteiger partial charge >= 0.3 is 6.18 Å². The Hall–Kier alpha value is -1.57. The largest absolute Gasteiger partial charge is 0.493 e. The molecule has 26 heavy (non-hydrogen) atoms. The van der Waals surface area contributed by atoms with Crippen LogP contribution in [0.25, 0.3) is 0 Å². The number of nitrogens with zero attached hydrogens (tertiary/aromatic N) is 1. The first-order valence-corrected chi connectivity index (χ1v) is 9.18. The number of carbonyl (C=O) groups excluding carboxylic acids is 1. The van der Waals surface area contributed by atoms with Crippen molar-refractivity contribution < 1.29 is 22.7 Å². The van der Waals surface area contributed by atoms with Crippen LogP contribution < -0.4 is 10.7 Å². The van der Waals surface area contributed by atoms with Gasteiger partial charge in [-0.1, -0.05) is 6.92 Å². The zero-order chi connectivity index (χ0) is 19.2. The number of hydrogen-bond donors (Lipinski definition) is 2. The van der Waals surface area contributed by atoms with Crippen LogP contribution in [0.2, 0.25) is 0 Å². The molecule has 1 aliphatic carbocycles. The number of Topliss-reactive ketones (excluding diaryl/α,β-unsaturated/α-hetero) is 1. The molecule has 0 aromatic heterocycles. The average Bonchev–Trinajstić information content (AvgIpc) is 3.20. The van der Waals surface area contributed by atoms with Crippen molar-refractivity contribution in [3.05, 3.63) is 11.8 Å². The Balaban J connectivity index is 1.77. The van der Waals surface area contributed by atoms with E-state index in [1.807, 2.05) is 13.0 Å². The minimum absolute atomic E-state index is 0.0724. The molecule has 148 valence electrons. The molecule has 0 aromatic rings. The number of ether oxygens (including phenoxy) is 1. The lowest BCUT2D eigenvalue weighted by atomic mass is 10.1.